The number of fused-ring (bicyclic) bond motifs is 1. The van der Waals surface area contributed by atoms with Crippen molar-refractivity contribution in [2.24, 2.45) is 0 Å². The molecular formula is C15H25N3O. The molecule has 4 nitrogen and oxygen atoms in total. The summed E-state index contributed by atoms with van der Waals surface area (Å²) in [6.07, 6.45) is 7.56. The van der Waals surface area contributed by atoms with E-state index in [4.69, 9.17) is 9.72 Å². The zero-order valence-corrected chi connectivity index (χ0v) is 12.3. The zero-order chi connectivity index (χ0) is 13.7. The standard InChI is InChI=1S/C15H25N3O/c1-4-7-14(19-5-2)15-17-10-11-12(16-3)8-6-9-13(11)18-15/h10,12,14,16H,4-9H2,1-3H3. The van der Waals surface area contributed by atoms with E-state index in [9.17, 15) is 0 Å². The third-order valence-corrected chi connectivity index (χ3v) is 3.76. The number of hydrogen-bond donors (Lipinski definition) is 1. The molecular weight excluding hydrogens is 238 g/mol. The van der Waals surface area contributed by atoms with Gasteiger partial charge >= 0.3 is 0 Å². The van der Waals surface area contributed by atoms with Crippen molar-refractivity contribution in [2.75, 3.05) is 13.7 Å². The summed E-state index contributed by atoms with van der Waals surface area (Å²) in [4.78, 5) is 9.32. The molecule has 2 atom stereocenters. The monoisotopic (exact) mass is 263 g/mol. The van der Waals surface area contributed by atoms with Crippen LogP contribution in [0.3, 0.4) is 0 Å². The van der Waals surface area contributed by atoms with Crippen LogP contribution in [0.25, 0.3) is 0 Å². The molecule has 2 unspecified atom stereocenters. The van der Waals surface area contributed by atoms with Gasteiger partial charge in [0.2, 0.25) is 0 Å². The van der Waals surface area contributed by atoms with Crippen LogP contribution in [-0.2, 0) is 11.2 Å². The molecule has 1 aliphatic rings. The molecule has 0 aliphatic heterocycles. The largest absolute Gasteiger partial charge is 0.371 e. The number of aryl methyl sites for hydroxylation is 1. The summed E-state index contributed by atoms with van der Waals surface area (Å²) in [5.41, 5.74) is 2.47. The van der Waals surface area contributed by atoms with Gasteiger partial charge in [0.05, 0.1) is 0 Å². The Labute approximate surface area is 116 Å². The highest BCUT2D eigenvalue weighted by atomic mass is 16.5. The number of ether oxygens (including phenoxy) is 1. The molecule has 1 aromatic rings. The summed E-state index contributed by atoms with van der Waals surface area (Å²) in [5, 5.41) is 3.35. The lowest BCUT2D eigenvalue weighted by atomic mass is 9.92. The lowest BCUT2D eigenvalue weighted by molar-refractivity contribution is 0.0491. The summed E-state index contributed by atoms with van der Waals surface area (Å²) in [5.74, 6) is 0.860. The van der Waals surface area contributed by atoms with Gasteiger partial charge in [-0.25, -0.2) is 9.97 Å². The molecule has 0 saturated carbocycles. The van der Waals surface area contributed by atoms with Crippen LogP contribution in [0, 0.1) is 0 Å². The smallest absolute Gasteiger partial charge is 0.157 e. The fourth-order valence-electron chi connectivity index (χ4n) is 2.77. The third kappa shape index (κ3) is 3.31. The second kappa shape index (κ2) is 6.96. The average molecular weight is 263 g/mol. The number of hydrogen-bond acceptors (Lipinski definition) is 4. The maximum absolute atomic E-state index is 5.77. The Morgan fingerprint density at radius 2 is 2.32 bits per heavy atom. The molecule has 4 heteroatoms. The van der Waals surface area contributed by atoms with Crippen molar-refractivity contribution in [3.63, 3.8) is 0 Å². The van der Waals surface area contributed by atoms with E-state index in [1.807, 2.05) is 20.2 Å². The van der Waals surface area contributed by atoms with E-state index in [1.54, 1.807) is 0 Å². The van der Waals surface area contributed by atoms with E-state index >= 15 is 0 Å². The van der Waals surface area contributed by atoms with Gasteiger partial charge in [-0.05, 0) is 39.7 Å². The van der Waals surface area contributed by atoms with Crippen molar-refractivity contribution in [3.8, 4) is 0 Å². The molecule has 0 fully saturated rings. The molecule has 0 bridgehead atoms. The summed E-state index contributed by atoms with van der Waals surface area (Å²) in [6.45, 7) is 4.91. The van der Waals surface area contributed by atoms with E-state index in [0.29, 0.717) is 12.6 Å². The first-order valence-electron chi connectivity index (χ1n) is 7.44. The first kappa shape index (κ1) is 14.4. The lowest BCUT2D eigenvalue weighted by Crippen LogP contribution is -2.24. The number of nitrogens with zero attached hydrogens (tertiary/aromatic N) is 2. The van der Waals surface area contributed by atoms with Gasteiger partial charge in [-0.2, -0.15) is 0 Å². The normalized spacial score (nSPS) is 20.1. The predicted molar refractivity (Wildman–Crippen MR) is 76.0 cm³/mol. The van der Waals surface area contributed by atoms with E-state index in [-0.39, 0.29) is 6.10 Å². The molecule has 0 saturated heterocycles. The van der Waals surface area contributed by atoms with Crippen LogP contribution in [0.1, 0.15) is 68.8 Å². The van der Waals surface area contributed by atoms with Gasteiger partial charge in [-0.15, -0.1) is 0 Å². The van der Waals surface area contributed by atoms with Crippen molar-refractivity contribution in [1.82, 2.24) is 15.3 Å². The quantitative estimate of drug-likeness (QED) is 0.857. The van der Waals surface area contributed by atoms with Crippen LogP contribution >= 0.6 is 0 Å². The van der Waals surface area contributed by atoms with Gasteiger partial charge in [-0.3, -0.25) is 0 Å². The number of nitrogens with one attached hydrogen (secondary N) is 1. The van der Waals surface area contributed by atoms with E-state index < -0.39 is 0 Å². The number of aromatic nitrogens is 2. The highest BCUT2D eigenvalue weighted by Gasteiger charge is 2.22. The Kier molecular flexibility index (Phi) is 5.28. The molecule has 1 aliphatic carbocycles. The third-order valence-electron chi connectivity index (χ3n) is 3.76. The number of rotatable bonds is 6. The maximum Gasteiger partial charge on any atom is 0.157 e. The molecule has 106 valence electrons. The minimum atomic E-state index is 0.0512. The molecule has 0 amide bonds. The van der Waals surface area contributed by atoms with Crippen LogP contribution in [0.15, 0.2) is 6.20 Å². The Morgan fingerprint density at radius 3 is 3.00 bits per heavy atom. The van der Waals surface area contributed by atoms with Crippen molar-refractivity contribution < 1.29 is 4.74 Å². The molecule has 1 heterocycles. The summed E-state index contributed by atoms with van der Waals surface area (Å²) >= 11 is 0. The molecule has 2 rings (SSSR count). The van der Waals surface area contributed by atoms with E-state index in [1.165, 1.54) is 24.1 Å². The van der Waals surface area contributed by atoms with Crippen molar-refractivity contribution >= 4 is 0 Å². The fourth-order valence-corrected chi connectivity index (χ4v) is 2.77. The van der Waals surface area contributed by atoms with Crippen LogP contribution in [0.2, 0.25) is 0 Å². The SMILES string of the molecule is CCCC(OCC)c1ncc2c(n1)CCCC2NC. The van der Waals surface area contributed by atoms with Gasteiger partial charge in [0.1, 0.15) is 6.10 Å². The van der Waals surface area contributed by atoms with Gasteiger partial charge in [0.15, 0.2) is 5.82 Å². The van der Waals surface area contributed by atoms with E-state index in [2.05, 4.69) is 17.2 Å². The van der Waals surface area contributed by atoms with Crippen molar-refractivity contribution in [3.05, 3.63) is 23.3 Å². The second-order valence-corrected chi connectivity index (χ2v) is 5.10. The predicted octanol–water partition coefficient (Wildman–Crippen LogP) is 2.95. The molecule has 19 heavy (non-hydrogen) atoms. The summed E-state index contributed by atoms with van der Waals surface area (Å²) in [6, 6.07) is 0.412. The Bertz CT molecular complexity index is 402. The zero-order valence-electron chi connectivity index (χ0n) is 12.3. The van der Waals surface area contributed by atoms with Crippen LogP contribution in [0.5, 0.6) is 0 Å². The van der Waals surface area contributed by atoms with Crippen molar-refractivity contribution in [2.45, 2.75) is 58.1 Å². The fraction of sp³-hybridized carbons (Fsp3) is 0.733. The van der Waals surface area contributed by atoms with Gasteiger partial charge in [0.25, 0.3) is 0 Å². The Morgan fingerprint density at radius 1 is 1.47 bits per heavy atom. The highest BCUT2D eigenvalue weighted by molar-refractivity contribution is 5.24. The highest BCUT2D eigenvalue weighted by Crippen LogP contribution is 2.29. The Hall–Kier alpha value is -1.00. The second-order valence-electron chi connectivity index (χ2n) is 5.10. The van der Waals surface area contributed by atoms with Crippen LogP contribution < -0.4 is 5.32 Å². The molecule has 0 aromatic carbocycles. The van der Waals surface area contributed by atoms with Gasteiger partial charge in [0, 0.05) is 30.1 Å². The molecule has 1 N–H and O–H groups in total. The van der Waals surface area contributed by atoms with Crippen LogP contribution in [0.4, 0.5) is 0 Å². The minimum absolute atomic E-state index is 0.0512. The van der Waals surface area contributed by atoms with Gasteiger partial charge in [-0.1, -0.05) is 13.3 Å². The average Bonchev–Trinajstić information content (AvgIpc) is 2.45. The van der Waals surface area contributed by atoms with Crippen molar-refractivity contribution in [1.29, 1.82) is 0 Å². The van der Waals surface area contributed by atoms with Crippen LogP contribution in [-0.4, -0.2) is 23.6 Å². The summed E-state index contributed by atoms with van der Waals surface area (Å²) in [7, 11) is 2.01. The first-order valence-corrected chi connectivity index (χ1v) is 7.44. The van der Waals surface area contributed by atoms with E-state index in [0.717, 1.165) is 25.1 Å². The molecule has 1 aromatic heterocycles. The summed E-state index contributed by atoms with van der Waals surface area (Å²) < 4.78 is 5.77. The van der Waals surface area contributed by atoms with Gasteiger partial charge < -0.3 is 10.1 Å². The molecule has 0 radical (unpaired) electrons. The maximum atomic E-state index is 5.77. The lowest BCUT2D eigenvalue weighted by Gasteiger charge is -2.25. The molecule has 0 spiro atoms. The first-order chi connectivity index (χ1) is 9.30. The minimum Gasteiger partial charge on any atom is -0.371 e. The topological polar surface area (TPSA) is 47.0 Å². The Balaban J connectivity index is 2.23.